The number of carbonyl (C=O) groups is 3. The lowest BCUT2D eigenvalue weighted by Gasteiger charge is -2.14. The van der Waals surface area contributed by atoms with Gasteiger partial charge in [0.05, 0.1) is 5.25 Å². The second-order valence-electron chi connectivity index (χ2n) is 7.70. The van der Waals surface area contributed by atoms with E-state index in [9.17, 15) is 14.4 Å². The van der Waals surface area contributed by atoms with Gasteiger partial charge in [-0.1, -0.05) is 43.0 Å². The molecule has 1 aliphatic heterocycles. The molecular weight excluding hydrogens is 440 g/mol. The van der Waals surface area contributed by atoms with Crippen molar-refractivity contribution in [3.63, 3.8) is 0 Å². The van der Waals surface area contributed by atoms with Crippen molar-refractivity contribution in [2.75, 3.05) is 11.9 Å². The second-order valence-corrected chi connectivity index (χ2v) is 8.85. The molecular formula is C23H24N6O3S. The van der Waals surface area contributed by atoms with Crippen LogP contribution in [0.4, 0.5) is 10.5 Å². The molecule has 0 aliphatic carbocycles. The molecule has 170 valence electrons. The van der Waals surface area contributed by atoms with Gasteiger partial charge in [0.25, 0.3) is 5.24 Å². The highest BCUT2D eigenvalue weighted by atomic mass is 32.2. The Hall–Kier alpha value is -3.53. The van der Waals surface area contributed by atoms with Crippen molar-refractivity contribution in [2.24, 2.45) is 0 Å². The largest absolute Gasteiger partial charge is 0.326 e. The number of aromatic nitrogens is 4. The number of thioether (sulfide) groups is 1. The molecule has 33 heavy (non-hydrogen) atoms. The van der Waals surface area contributed by atoms with E-state index in [0.29, 0.717) is 24.4 Å². The first kappa shape index (κ1) is 22.7. The predicted octanol–water partition coefficient (Wildman–Crippen LogP) is 3.45. The summed E-state index contributed by atoms with van der Waals surface area (Å²) in [4.78, 5) is 38.6. The number of rotatable bonds is 9. The average Bonchev–Trinajstić information content (AvgIpc) is 3.45. The van der Waals surface area contributed by atoms with Crippen LogP contribution >= 0.6 is 11.8 Å². The number of hydrogen-bond acceptors (Lipinski definition) is 7. The smallest absolute Gasteiger partial charge is 0.289 e. The molecule has 1 aromatic heterocycles. The predicted molar refractivity (Wildman–Crippen MR) is 125 cm³/mol. The van der Waals surface area contributed by atoms with Gasteiger partial charge in [0, 0.05) is 24.2 Å². The van der Waals surface area contributed by atoms with Crippen molar-refractivity contribution in [3.8, 4) is 11.4 Å². The van der Waals surface area contributed by atoms with Crippen LogP contribution in [-0.4, -0.2) is 54.4 Å². The number of amides is 3. The van der Waals surface area contributed by atoms with Gasteiger partial charge in [0.1, 0.15) is 0 Å². The Bertz CT molecular complexity index is 1120. The van der Waals surface area contributed by atoms with Crippen LogP contribution in [0.5, 0.6) is 0 Å². The first-order valence-electron chi connectivity index (χ1n) is 10.8. The van der Waals surface area contributed by atoms with Crippen molar-refractivity contribution in [3.05, 3.63) is 59.7 Å². The molecule has 2 heterocycles. The van der Waals surface area contributed by atoms with E-state index >= 15 is 0 Å². The molecule has 1 atom stereocenters. The van der Waals surface area contributed by atoms with E-state index < -0.39 is 5.25 Å². The lowest BCUT2D eigenvalue weighted by molar-refractivity contribution is -0.127. The van der Waals surface area contributed by atoms with Crippen molar-refractivity contribution in [1.29, 1.82) is 0 Å². The molecule has 0 spiro atoms. The fourth-order valence-electron chi connectivity index (χ4n) is 3.56. The third kappa shape index (κ3) is 5.64. The molecule has 2 N–H and O–H groups in total. The summed E-state index contributed by atoms with van der Waals surface area (Å²) in [6, 6.07) is 15.2. The Morgan fingerprint density at radius 1 is 1.09 bits per heavy atom. The van der Waals surface area contributed by atoms with Gasteiger partial charge in [-0.2, -0.15) is 5.21 Å². The highest BCUT2D eigenvalue weighted by Crippen LogP contribution is 2.30. The van der Waals surface area contributed by atoms with Crippen LogP contribution in [0.2, 0.25) is 0 Å². The summed E-state index contributed by atoms with van der Waals surface area (Å²) in [5.74, 6) is 0.116. The number of hydrogen-bond donors (Lipinski definition) is 2. The number of nitrogens with zero attached hydrogens (tertiary/aromatic N) is 4. The standard InChI is InChI=1S/C23H24N6O3S/c1-2-15-5-7-16(8-6-15)14-19-22(31)29(23(32)33-19)13-3-4-20(30)24-18-11-9-17(10-12-18)21-25-27-28-26-21/h5-12,19H,2-4,13-14H2,1H3,(H,24,30)(H,25,26,27,28)/t19-/m0/s1. The molecule has 1 saturated heterocycles. The summed E-state index contributed by atoms with van der Waals surface area (Å²) in [5.41, 5.74) is 3.70. The summed E-state index contributed by atoms with van der Waals surface area (Å²) in [5, 5.41) is 15.9. The van der Waals surface area contributed by atoms with Crippen LogP contribution in [0.15, 0.2) is 48.5 Å². The van der Waals surface area contributed by atoms with Gasteiger partial charge in [-0.3, -0.25) is 19.3 Å². The van der Waals surface area contributed by atoms with Gasteiger partial charge >= 0.3 is 0 Å². The molecule has 0 bridgehead atoms. The average molecular weight is 465 g/mol. The summed E-state index contributed by atoms with van der Waals surface area (Å²) in [7, 11) is 0. The topological polar surface area (TPSA) is 121 Å². The molecule has 1 aliphatic rings. The normalized spacial score (nSPS) is 15.8. The van der Waals surface area contributed by atoms with Crippen LogP contribution in [0, 0.1) is 0 Å². The number of aromatic amines is 1. The molecule has 4 rings (SSSR count). The zero-order valence-corrected chi connectivity index (χ0v) is 19.0. The summed E-state index contributed by atoms with van der Waals surface area (Å²) in [6.07, 6.45) is 2.10. The van der Waals surface area contributed by atoms with Crippen LogP contribution in [0.3, 0.4) is 0 Å². The number of benzene rings is 2. The number of carbonyl (C=O) groups excluding carboxylic acids is 3. The molecule has 0 radical (unpaired) electrons. The van der Waals surface area contributed by atoms with Gasteiger partial charge in [0.15, 0.2) is 0 Å². The number of nitrogens with one attached hydrogen (secondary N) is 2. The van der Waals surface area contributed by atoms with Gasteiger partial charge in [-0.25, -0.2) is 0 Å². The molecule has 10 heteroatoms. The fourth-order valence-corrected chi connectivity index (χ4v) is 4.62. The molecule has 3 aromatic rings. The monoisotopic (exact) mass is 464 g/mol. The van der Waals surface area contributed by atoms with E-state index in [4.69, 9.17) is 0 Å². The number of imide groups is 1. The van der Waals surface area contributed by atoms with E-state index in [1.807, 2.05) is 12.1 Å². The molecule has 0 unspecified atom stereocenters. The highest BCUT2D eigenvalue weighted by molar-refractivity contribution is 8.15. The maximum Gasteiger partial charge on any atom is 0.289 e. The van der Waals surface area contributed by atoms with Gasteiger partial charge in [-0.15, -0.1) is 10.2 Å². The molecule has 3 amide bonds. The van der Waals surface area contributed by atoms with E-state index in [1.165, 1.54) is 10.5 Å². The van der Waals surface area contributed by atoms with E-state index in [0.717, 1.165) is 29.3 Å². The van der Waals surface area contributed by atoms with Crippen LogP contribution in [0.1, 0.15) is 30.9 Å². The minimum Gasteiger partial charge on any atom is -0.326 e. The SMILES string of the molecule is CCc1ccc(C[C@@H]2SC(=O)N(CCCC(=O)Nc3ccc(-c4nn[nH]n4)cc3)C2=O)cc1. The van der Waals surface area contributed by atoms with Crippen LogP contribution in [0.25, 0.3) is 11.4 Å². The van der Waals surface area contributed by atoms with Gasteiger partial charge in [0.2, 0.25) is 17.6 Å². The molecule has 2 aromatic carbocycles. The molecule has 9 nitrogen and oxygen atoms in total. The fraction of sp³-hybridized carbons (Fsp3) is 0.304. The van der Waals surface area contributed by atoms with E-state index in [-0.39, 0.29) is 30.0 Å². The van der Waals surface area contributed by atoms with E-state index in [1.54, 1.807) is 24.3 Å². The van der Waals surface area contributed by atoms with Crippen molar-refractivity contribution >= 4 is 34.5 Å². The number of anilines is 1. The highest BCUT2D eigenvalue weighted by Gasteiger charge is 2.39. The quantitative estimate of drug-likeness (QED) is 0.497. The number of H-pyrrole nitrogens is 1. The Morgan fingerprint density at radius 2 is 1.82 bits per heavy atom. The molecule has 0 saturated carbocycles. The third-order valence-corrected chi connectivity index (χ3v) is 6.49. The number of tetrazole rings is 1. The van der Waals surface area contributed by atoms with Crippen molar-refractivity contribution < 1.29 is 14.4 Å². The Labute approximate surface area is 195 Å². The first-order valence-corrected chi connectivity index (χ1v) is 11.6. The maximum atomic E-state index is 12.7. The first-order chi connectivity index (χ1) is 16.0. The van der Waals surface area contributed by atoms with Crippen LogP contribution in [-0.2, 0) is 22.4 Å². The minimum atomic E-state index is -0.406. The second kappa shape index (κ2) is 10.4. The van der Waals surface area contributed by atoms with Crippen molar-refractivity contribution in [1.82, 2.24) is 25.5 Å². The lowest BCUT2D eigenvalue weighted by Crippen LogP contribution is -2.33. The number of aryl methyl sites for hydroxylation is 1. The zero-order valence-electron chi connectivity index (χ0n) is 18.2. The minimum absolute atomic E-state index is 0.179. The Balaban J connectivity index is 1.23. The van der Waals surface area contributed by atoms with Gasteiger partial charge < -0.3 is 5.32 Å². The molecule has 1 fully saturated rings. The summed E-state index contributed by atoms with van der Waals surface area (Å²) in [6.45, 7) is 2.33. The maximum absolute atomic E-state index is 12.7. The Kier molecular flexibility index (Phi) is 7.13. The van der Waals surface area contributed by atoms with E-state index in [2.05, 4.69) is 45.0 Å². The zero-order chi connectivity index (χ0) is 23.2. The summed E-state index contributed by atoms with van der Waals surface area (Å²) < 4.78 is 0. The van der Waals surface area contributed by atoms with Crippen molar-refractivity contribution in [2.45, 2.75) is 37.9 Å². The third-order valence-electron chi connectivity index (χ3n) is 5.42. The van der Waals surface area contributed by atoms with Gasteiger partial charge in [-0.05, 0) is 59.9 Å². The summed E-state index contributed by atoms with van der Waals surface area (Å²) >= 11 is 1.07. The van der Waals surface area contributed by atoms with Crippen LogP contribution < -0.4 is 5.32 Å². The Morgan fingerprint density at radius 3 is 2.48 bits per heavy atom. The lowest BCUT2D eigenvalue weighted by atomic mass is 10.1.